The summed E-state index contributed by atoms with van der Waals surface area (Å²) >= 11 is -5.06. The summed E-state index contributed by atoms with van der Waals surface area (Å²) in [6, 6.07) is 0. The van der Waals surface area contributed by atoms with Gasteiger partial charge in [0.1, 0.15) is 0 Å². The van der Waals surface area contributed by atoms with E-state index in [9.17, 15) is 0 Å². The van der Waals surface area contributed by atoms with E-state index < -0.39 is 16.5 Å². The van der Waals surface area contributed by atoms with Crippen LogP contribution in [-0.4, -0.2) is 0 Å². The van der Waals surface area contributed by atoms with Gasteiger partial charge in [-0.15, -0.1) is 0 Å². The van der Waals surface area contributed by atoms with Crippen molar-refractivity contribution in [2.75, 3.05) is 0 Å². The third kappa shape index (κ3) is 49.4. The van der Waals surface area contributed by atoms with Gasteiger partial charge in [0, 0.05) is 0 Å². The molecule has 0 N–H and O–H groups in total. The van der Waals surface area contributed by atoms with Gasteiger partial charge >= 0.3 is 55.8 Å². The van der Waals surface area contributed by atoms with Crippen LogP contribution in [0.25, 0.3) is 0 Å². The molecule has 0 bridgehead atoms. The predicted molar refractivity (Wildman–Crippen MR) is 35.1 cm³/mol. The molecule has 0 aliphatic heterocycles. The van der Waals surface area contributed by atoms with Crippen molar-refractivity contribution in [2.24, 2.45) is 0 Å². The van der Waals surface area contributed by atoms with Crippen molar-refractivity contribution < 1.29 is 16.5 Å². The van der Waals surface area contributed by atoms with Gasteiger partial charge in [0.15, 0.2) is 0 Å². The van der Waals surface area contributed by atoms with Crippen molar-refractivity contribution in [3.05, 3.63) is 0 Å². The molecule has 0 heterocycles. The number of rotatable bonds is 0. The minimum atomic E-state index is -5.06. The van der Waals surface area contributed by atoms with Crippen LogP contribution in [0.3, 0.4) is 0 Å². The average Bonchev–Trinajstić information content (AvgIpc) is 0.592. The maximum atomic E-state index is 5.03. The monoisotopic (exact) mass is 385 g/mol. The van der Waals surface area contributed by atoms with Crippen LogP contribution in [0, 0.1) is 16.5 Å². The van der Waals surface area contributed by atoms with E-state index in [4.69, 9.17) is 39.3 Å². The number of hydrogen-bond donors (Lipinski definition) is 0. The Morgan fingerprint density at radius 3 is 0.571 bits per heavy atom. The molecule has 0 aliphatic carbocycles. The Morgan fingerprint density at radius 2 is 0.571 bits per heavy atom. The van der Waals surface area contributed by atoms with E-state index in [1.807, 2.05) is 0 Å². The molecule has 7 heteroatoms. The Morgan fingerprint density at radius 1 is 0.571 bits per heavy atom. The zero-order valence-corrected chi connectivity index (χ0v) is 8.72. The standard InChI is InChI=1S/6ClH.Lu/h6*1H;/q;;;;;;+6/p-6. The molecule has 0 saturated carbocycles. The van der Waals surface area contributed by atoms with Crippen LogP contribution in [-0.2, 0) is 0 Å². The van der Waals surface area contributed by atoms with E-state index in [2.05, 4.69) is 0 Å². The van der Waals surface area contributed by atoms with Crippen molar-refractivity contribution >= 4 is 39.3 Å². The molecule has 0 aromatic heterocycles. The van der Waals surface area contributed by atoms with Gasteiger partial charge in [-0.1, -0.05) is 0 Å². The van der Waals surface area contributed by atoms with Crippen LogP contribution in [0.4, 0.5) is 0 Å². The van der Waals surface area contributed by atoms with Gasteiger partial charge in [0.25, 0.3) is 0 Å². The second kappa shape index (κ2) is 1.77. The van der Waals surface area contributed by atoms with Crippen molar-refractivity contribution in [1.29, 1.82) is 0 Å². The molecular formula is Cl6Lu. The quantitative estimate of drug-likeness (QED) is 0.586. The van der Waals surface area contributed by atoms with Crippen LogP contribution in [0.2, 0.25) is 0 Å². The first kappa shape index (κ1) is 9.97. The summed E-state index contributed by atoms with van der Waals surface area (Å²) in [5, 5.41) is 0. The van der Waals surface area contributed by atoms with Gasteiger partial charge < -0.3 is 0 Å². The van der Waals surface area contributed by atoms with Crippen molar-refractivity contribution in [1.82, 2.24) is 0 Å². The van der Waals surface area contributed by atoms with Gasteiger partial charge in [-0.2, -0.15) is 0 Å². The van der Waals surface area contributed by atoms with E-state index in [0.717, 1.165) is 0 Å². The molecule has 0 rings (SSSR count). The Balaban J connectivity index is 4.43. The van der Waals surface area contributed by atoms with Crippen LogP contribution in [0.5, 0.6) is 0 Å². The fraction of sp³-hybridized carbons (Fsp3) is 0. The van der Waals surface area contributed by atoms with Crippen LogP contribution < -0.4 is 0 Å². The Kier molecular flexibility index (Phi) is 2.52. The minimum absolute atomic E-state index is 5.03. The first-order chi connectivity index (χ1) is 2.45. The molecule has 0 unspecified atom stereocenters. The van der Waals surface area contributed by atoms with Crippen molar-refractivity contribution in [2.45, 2.75) is 0 Å². The SMILES string of the molecule is [Cl][Lu]([Cl])([Cl])([Cl])([Cl])[Cl]. The molecule has 0 aromatic rings. The maximum absolute atomic E-state index is 5.06. The molecule has 0 radical (unpaired) electrons. The average molecular weight is 388 g/mol. The molecule has 0 fully saturated rings. The van der Waals surface area contributed by atoms with Gasteiger partial charge in [0.05, 0.1) is 0 Å². The number of halogens is 6. The summed E-state index contributed by atoms with van der Waals surface area (Å²) in [7, 11) is 0. The Hall–Kier alpha value is 2.97. The summed E-state index contributed by atoms with van der Waals surface area (Å²) in [5.41, 5.74) is 0. The summed E-state index contributed by atoms with van der Waals surface area (Å²) in [4.78, 5) is 0. The third-order valence-electron chi connectivity index (χ3n) is 0. The third-order valence-corrected chi connectivity index (χ3v) is 0. The molecule has 57 valence electrons. The first-order valence-electron chi connectivity index (χ1n) is 0.586. The molecule has 0 amide bonds. The fourth-order valence-corrected chi connectivity index (χ4v) is 0. The van der Waals surface area contributed by atoms with Gasteiger partial charge in [-0.05, 0) is 0 Å². The van der Waals surface area contributed by atoms with Crippen LogP contribution in [0.1, 0.15) is 0 Å². The Bertz CT molecular complexity index is 62.7. The number of hydrogen-bond acceptors (Lipinski definition) is 0. The second-order valence-electron chi connectivity index (χ2n) is 0.553. The summed E-state index contributed by atoms with van der Waals surface area (Å²) in [6.07, 6.45) is 0. The van der Waals surface area contributed by atoms with Crippen molar-refractivity contribution in [3.8, 4) is 0 Å². The summed E-state index contributed by atoms with van der Waals surface area (Å²) in [6.45, 7) is 30.2. The van der Waals surface area contributed by atoms with E-state index in [1.54, 1.807) is 0 Å². The zero-order valence-electron chi connectivity index (χ0n) is 2.53. The van der Waals surface area contributed by atoms with Gasteiger partial charge in [-0.3, -0.25) is 0 Å². The van der Waals surface area contributed by atoms with Gasteiger partial charge in [0.2, 0.25) is 0 Å². The molecule has 0 aliphatic rings. The molecule has 0 atom stereocenters. The predicted octanol–water partition coefficient (Wildman–Crippen LogP) is 4.14. The topological polar surface area (TPSA) is 0 Å². The zero-order chi connectivity index (χ0) is 6.41. The van der Waals surface area contributed by atoms with Crippen LogP contribution in [0.15, 0.2) is 0 Å². The van der Waals surface area contributed by atoms with Crippen molar-refractivity contribution in [3.63, 3.8) is 0 Å². The van der Waals surface area contributed by atoms with Crippen LogP contribution >= 0.6 is 39.3 Å². The molecule has 0 nitrogen and oxygen atoms in total. The first-order valence-corrected chi connectivity index (χ1v) is 13.0. The molecule has 7 heavy (non-hydrogen) atoms. The molecule has 0 aromatic carbocycles. The van der Waals surface area contributed by atoms with E-state index in [1.165, 1.54) is 0 Å². The summed E-state index contributed by atoms with van der Waals surface area (Å²) < 4.78 is 0. The Labute approximate surface area is 54.1 Å². The van der Waals surface area contributed by atoms with E-state index in [-0.39, 0.29) is 0 Å². The molecular weight excluding hydrogens is 388 g/mol. The normalized spacial score (nSPS) is 23.1. The van der Waals surface area contributed by atoms with Gasteiger partial charge in [-0.25, -0.2) is 0 Å². The van der Waals surface area contributed by atoms with E-state index >= 15 is 0 Å². The molecule has 0 spiro atoms. The second-order valence-corrected chi connectivity index (χ2v) is 36.9. The van der Waals surface area contributed by atoms with E-state index in [0.29, 0.717) is 0 Å². The molecule has 0 saturated heterocycles. The summed E-state index contributed by atoms with van der Waals surface area (Å²) in [5.74, 6) is 0. The fourth-order valence-electron chi connectivity index (χ4n) is 0.